The van der Waals surface area contributed by atoms with Crippen LogP contribution in [0.25, 0.3) is 21.8 Å². The van der Waals surface area contributed by atoms with Gasteiger partial charge in [-0.3, -0.25) is 0 Å². The third-order valence-corrected chi connectivity index (χ3v) is 3.68. The average molecular weight is 298 g/mol. The quantitative estimate of drug-likeness (QED) is 0.726. The van der Waals surface area contributed by atoms with Crippen molar-refractivity contribution in [1.82, 2.24) is 9.97 Å². The van der Waals surface area contributed by atoms with Crippen molar-refractivity contribution in [2.45, 2.75) is 19.8 Å². The number of aliphatic hydroxyl groups excluding tert-OH is 1. The van der Waals surface area contributed by atoms with E-state index in [0.717, 1.165) is 27.4 Å². The predicted molar refractivity (Wildman–Crippen MR) is 85.1 cm³/mol. The highest BCUT2D eigenvalue weighted by molar-refractivity contribution is 6.11. The Hall–Kier alpha value is -2.40. The number of para-hydroxylation sites is 1. The van der Waals surface area contributed by atoms with Gasteiger partial charge in [-0.25, -0.2) is 9.78 Å². The summed E-state index contributed by atoms with van der Waals surface area (Å²) < 4.78 is 5.04. The van der Waals surface area contributed by atoms with E-state index in [0.29, 0.717) is 5.69 Å². The fourth-order valence-corrected chi connectivity index (χ4v) is 2.80. The van der Waals surface area contributed by atoms with Gasteiger partial charge in [-0.15, -0.1) is 0 Å². The van der Waals surface area contributed by atoms with Crippen molar-refractivity contribution in [3.63, 3.8) is 0 Å². The molecule has 0 aliphatic heterocycles. The number of carbonyl (C=O) groups is 1. The summed E-state index contributed by atoms with van der Waals surface area (Å²) in [6.07, 6.45) is 1.66. The number of rotatable bonds is 4. The number of benzene rings is 1. The van der Waals surface area contributed by atoms with Crippen molar-refractivity contribution in [2.75, 3.05) is 13.2 Å². The lowest BCUT2D eigenvalue weighted by molar-refractivity contribution is 0.0425. The second kappa shape index (κ2) is 5.77. The zero-order chi connectivity index (χ0) is 15.7. The number of aromatic amines is 1. The highest BCUT2D eigenvalue weighted by Gasteiger charge is 2.22. The topological polar surface area (TPSA) is 75.2 Å². The van der Waals surface area contributed by atoms with Gasteiger partial charge in [-0.2, -0.15) is 0 Å². The van der Waals surface area contributed by atoms with Crippen LogP contribution in [-0.4, -0.2) is 34.3 Å². The summed E-state index contributed by atoms with van der Waals surface area (Å²) in [5, 5.41) is 10.9. The molecule has 0 saturated heterocycles. The second-order valence-corrected chi connectivity index (χ2v) is 5.49. The third kappa shape index (κ3) is 2.33. The van der Waals surface area contributed by atoms with E-state index in [-0.39, 0.29) is 19.1 Å². The Bertz CT molecular complexity index is 836. The van der Waals surface area contributed by atoms with Gasteiger partial charge >= 0.3 is 5.97 Å². The maximum absolute atomic E-state index is 12.2. The highest BCUT2D eigenvalue weighted by Crippen LogP contribution is 2.33. The van der Waals surface area contributed by atoms with E-state index in [1.807, 2.05) is 38.1 Å². The molecule has 0 bridgehead atoms. The van der Waals surface area contributed by atoms with Crippen LogP contribution in [0.5, 0.6) is 0 Å². The summed E-state index contributed by atoms with van der Waals surface area (Å²) in [4.78, 5) is 19.8. The molecule has 22 heavy (non-hydrogen) atoms. The first-order valence-corrected chi connectivity index (χ1v) is 7.30. The van der Waals surface area contributed by atoms with Gasteiger partial charge in [0.15, 0.2) is 5.69 Å². The predicted octanol–water partition coefficient (Wildman–Crippen LogP) is 2.99. The lowest BCUT2D eigenvalue weighted by Gasteiger charge is -2.13. The minimum atomic E-state index is -0.495. The van der Waals surface area contributed by atoms with Crippen LogP contribution in [0.4, 0.5) is 0 Å². The zero-order valence-corrected chi connectivity index (χ0v) is 12.6. The number of nitrogens with zero attached hydrogens (tertiary/aromatic N) is 1. The summed E-state index contributed by atoms with van der Waals surface area (Å²) in [7, 11) is 0. The van der Waals surface area contributed by atoms with E-state index in [1.165, 1.54) is 0 Å². The fraction of sp³-hybridized carbons (Fsp3) is 0.294. The van der Waals surface area contributed by atoms with Crippen LogP contribution in [0.3, 0.4) is 0 Å². The van der Waals surface area contributed by atoms with Crippen LogP contribution in [0, 0.1) is 0 Å². The molecule has 3 rings (SSSR count). The minimum absolute atomic E-state index is 0.0238. The molecule has 0 unspecified atom stereocenters. The number of aliphatic hydroxyl groups is 1. The first kappa shape index (κ1) is 14.5. The van der Waals surface area contributed by atoms with E-state index >= 15 is 0 Å². The molecule has 0 radical (unpaired) electrons. The van der Waals surface area contributed by atoms with Crippen molar-refractivity contribution in [3.05, 3.63) is 41.7 Å². The Labute approximate surface area is 127 Å². The number of fused-ring (bicyclic) bond motifs is 3. The molecule has 0 fully saturated rings. The van der Waals surface area contributed by atoms with Crippen LogP contribution < -0.4 is 0 Å². The van der Waals surface area contributed by atoms with Gasteiger partial charge in [0.2, 0.25) is 0 Å². The van der Waals surface area contributed by atoms with Crippen molar-refractivity contribution >= 4 is 27.8 Å². The van der Waals surface area contributed by atoms with Gasteiger partial charge in [-0.1, -0.05) is 32.0 Å². The van der Waals surface area contributed by atoms with Gasteiger partial charge in [0.05, 0.1) is 18.3 Å². The number of pyridine rings is 1. The van der Waals surface area contributed by atoms with E-state index in [1.54, 1.807) is 6.20 Å². The summed E-state index contributed by atoms with van der Waals surface area (Å²) >= 11 is 0. The van der Waals surface area contributed by atoms with Crippen LogP contribution in [0.15, 0.2) is 30.5 Å². The number of nitrogens with one attached hydrogen (secondary N) is 1. The smallest absolute Gasteiger partial charge is 0.357 e. The van der Waals surface area contributed by atoms with Gasteiger partial charge in [0.25, 0.3) is 0 Å². The Morgan fingerprint density at radius 1 is 1.32 bits per heavy atom. The summed E-state index contributed by atoms with van der Waals surface area (Å²) in [5.74, 6) is -0.378. The summed E-state index contributed by atoms with van der Waals surface area (Å²) in [6.45, 7) is 3.84. The second-order valence-electron chi connectivity index (χ2n) is 5.49. The zero-order valence-electron chi connectivity index (χ0n) is 12.6. The molecule has 2 N–H and O–H groups in total. The molecular formula is C17H18N2O3. The number of aromatic nitrogens is 2. The van der Waals surface area contributed by atoms with Crippen molar-refractivity contribution in [3.8, 4) is 0 Å². The molecule has 0 amide bonds. The molecular weight excluding hydrogens is 280 g/mol. The molecule has 5 nitrogen and oxygen atoms in total. The lowest BCUT2D eigenvalue weighted by Crippen LogP contribution is -2.14. The molecule has 2 aromatic heterocycles. The number of H-pyrrole nitrogens is 1. The molecule has 2 heterocycles. The number of hydrogen-bond donors (Lipinski definition) is 2. The Kier molecular flexibility index (Phi) is 3.81. The SMILES string of the molecule is CC(C)c1c(C(=O)OCCO)ncc2[nH]c3ccccc3c12. The number of ether oxygens (including phenoxy) is 1. The highest BCUT2D eigenvalue weighted by atomic mass is 16.5. The first-order chi connectivity index (χ1) is 10.6. The van der Waals surface area contributed by atoms with Gasteiger partial charge in [0, 0.05) is 16.3 Å². The van der Waals surface area contributed by atoms with Crippen LogP contribution >= 0.6 is 0 Å². The molecule has 0 atom stereocenters. The van der Waals surface area contributed by atoms with E-state index in [2.05, 4.69) is 9.97 Å². The molecule has 0 aliphatic rings. The Morgan fingerprint density at radius 2 is 2.09 bits per heavy atom. The van der Waals surface area contributed by atoms with Gasteiger partial charge in [0.1, 0.15) is 6.61 Å². The van der Waals surface area contributed by atoms with Crippen molar-refractivity contribution in [2.24, 2.45) is 0 Å². The standard InChI is InChI=1S/C17H18N2O3/c1-10(2)14-15-11-5-3-4-6-12(11)19-13(15)9-18-16(14)17(21)22-8-7-20/h3-6,9-10,19-20H,7-8H2,1-2H3. The van der Waals surface area contributed by atoms with Crippen LogP contribution in [-0.2, 0) is 4.74 Å². The van der Waals surface area contributed by atoms with E-state index in [9.17, 15) is 4.79 Å². The monoisotopic (exact) mass is 298 g/mol. The van der Waals surface area contributed by atoms with Crippen molar-refractivity contribution < 1.29 is 14.6 Å². The van der Waals surface area contributed by atoms with E-state index < -0.39 is 5.97 Å². The molecule has 1 aromatic carbocycles. The van der Waals surface area contributed by atoms with E-state index in [4.69, 9.17) is 9.84 Å². The maximum atomic E-state index is 12.2. The Balaban J connectivity index is 2.27. The molecule has 0 saturated carbocycles. The largest absolute Gasteiger partial charge is 0.459 e. The van der Waals surface area contributed by atoms with Crippen LogP contribution in [0.2, 0.25) is 0 Å². The van der Waals surface area contributed by atoms with Gasteiger partial charge in [-0.05, 0) is 17.5 Å². The average Bonchev–Trinajstić information content (AvgIpc) is 2.89. The lowest BCUT2D eigenvalue weighted by atomic mass is 9.95. The maximum Gasteiger partial charge on any atom is 0.357 e. The normalized spacial score (nSPS) is 11.5. The fourth-order valence-electron chi connectivity index (χ4n) is 2.80. The number of esters is 1. The Morgan fingerprint density at radius 3 is 2.82 bits per heavy atom. The molecule has 0 spiro atoms. The third-order valence-electron chi connectivity index (χ3n) is 3.68. The molecule has 5 heteroatoms. The first-order valence-electron chi connectivity index (χ1n) is 7.30. The minimum Gasteiger partial charge on any atom is -0.459 e. The van der Waals surface area contributed by atoms with Gasteiger partial charge < -0.3 is 14.8 Å². The molecule has 3 aromatic rings. The number of hydrogen-bond acceptors (Lipinski definition) is 4. The summed E-state index contributed by atoms with van der Waals surface area (Å²) in [6, 6.07) is 7.98. The summed E-state index contributed by atoms with van der Waals surface area (Å²) in [5.41, 5.74) is 3.12. The van der Waals surface area contributed by atoms with Crippen molar-refractivity contribution in [1.29, 1.82) is 0 Å². The number of carbonyl (C=O) groups excluding carboxylic acids is 1. The molecule has 114 valence electrons. The van der Waals surface area contributed by atoms with Crippen LogP contribution in [0.1, 0.15) is 35.8 Å². The molecule has 0 aliphatic carbocycles.